The van der Waals surface area contributed by atoms with E-state index in [9.17, 15) is 9.59 Å². The van der Waals surface area contributed by atoms with E-state index in [1.54, 1.807) is 11.8 Å². The number of rotatable bonds is 3. The van der Waals surface area contributed by atoms with Crippen LogP contribution in [0.15, 0.2) is 0 Å². The van der Waals surface area contributed by atoms with Crippen molar-refractivity contribution in [2.75, 3.05) is 25.6 Å². The van der Waals surface area contributed by atoms with Gasteiger partial charge < -0.3 is 9.64 Å². The number of amides is 1. The minimum atomic E-state index is -0.589. The van der Waals surface area contributed by atoms with Gasteiger partial charge in [-0.15, -0.1) is 11.6 Å². The average molecular weight is 262 g/mol. The molecule has 1 atom stereocenters. The van der Waals surface area contributed by atoms with Gasteiger partial charge in [-0.2, -0.15) is 0 Å². The maximum Gasteiger partial charge on any atom is 0.313 e. The molecule has 0 spiro atoms. The number of carbonyl (C=O) groups excluding carboxylic acids is 2. The number of halogens is 1. The van der Waals surface area contributed by atoms with Gasteiger partial charge in [0.25, 0.3) is 0 Å². The maximum absolute atomic E-state index is 11.9. The fourth-order valence-electron chi connectivity index (χ4n) is 2.17. The van der Waals surface area contributed by atoms with E-state index < -0.39 is 5.41 Å². The van der Waals surface area contributed by atoms with Crippen molar-refractivity contribution < 1.29 is 14.3 Å². The summed E-state index contributed by atoms with van der Waals surface area (Å²) in [5, 5.41) is 0. The standard InChI is InChI=1S/C12H20ClNO3/c1-3-17-11(16)12(2)6-4-5-7-14(9-12)10(15)8-13/h3-9H2,1-2H3. The lowest BCUT2D eigenvalue weighted by atomic mass is 9.85. The third kappa shape index (κ3) is 3.60. The van der Waals surface area contributed by atoms with E-state index in [0.717, 1.165) is 19.3 Å². The zero-order valence-corrected chi connectivity index (χ0v) is 11.3. The Bertz CT molecular complexity index is 295. The Morgan fingerprint density at radius 1 is 1.41 bits per heavy atom. The number of nitrogens with zero attached hydrogens (tertiary/aromatic N) is 1. The van der Waals surface area contributed by atoms with Crippen molar-refractivity contribution in [1.29, 1.82) is 0 Å². The highest BCUT2D eigenvalue weighted by molar-refractivity contribution is 6.27. The third-order valence-corrected chi connectivity index (χ3v) is 3.41. The molecule has 1 unspecified atom stereocenters. The second-order valence-corrected chi connectivity index (χ2v) is 4.95. The summed E-state index contributed by atoms with van der Waals surface area (Å²) in [5.74, 6) is -0.350. The van der Waals surface area contributed by atoms with Crippen molar-refractivity contribution >= 4 is 23.5 Å². The van der Waals surface area contributed by atoms with E-state index >= 15 is 0 Å². The lowest BCUT2D eigenvalue weighted by Crippen LogP contribution is -2.43. The Morgan fingerprint density at radius 2 is 2.12 bits per heavy atom. The van der Waals surface area contributed by atoms with Crippen molar-refractivity contribution in [3.05, 3.63) is 0 Å². The highest BCUT2D eigenvalue weighted by atomic mass is 35.5. The van der Waals surface area contributed by atoms with E-state index in [1.807, 2.05) is 6.92 Å². The first-order valence-electron chi connectivity index (χ1n) is 6.04. The van der Waals surface area contributed by atoms with Crippen molar-refractivity contribution in [1.82, 2.24) is 4.90 Å². The summed E-state index contributed by atoms with van der Waals surface area (Å²) in [5.41, 5.74) is -0.589. The quantitative estimate of drug-likeness (QED) is 0.575. The monoisotopic (exact) mass is 261 g/mol. The number of carbonyl (C=O) groups is 2. The molecule has 0 N–H and O–H groups in total. The minimum absolute atomic E-state index is 0.0289. The summed E-state index contributed by atoms with van der Waals surface area (Å²) >= 11 is 5.57. The molecule has 4 nitrogen and oxygen atoms in total. The average Bonchev–Trinajstić information content (AvgIpc) is 2.51. The summed E-state index contributed by atoms with van der Waals surface area (Å²) in [4.78, 5) is 25.2. The van der Waals surface area contributed by atoms with E-state index in [4.69, 9.17) is 16.3 Å². The molecule has 1 aliphatic rings. The fraction of sp³-hybridized carbons (Fsp3) is 0.833. The molecular formula is C12H20ClNO3. The van der Waals surface area contributed by atoms with Gasteiger partial charge in [-0.25, -0.2) is 0 Å². The highest BCUT2D eigenvalue weighted by Crippen LogP contribution is 2.30. The number of alkyl halides is 1. The summed E-state index contributed by atoms with van der Waals surface area (Å²) in [7, 11) is 0. The van der Waals surface area contributed by atoms with Crippen molar-refractivity contribution in [2.24, 2.45) is 5.41 Å². The van der Waals surface area contributed by atoms with Crippen LogP contribution in [0.25, 0.3) is 0 Å². The van der Waals surface area contributed by atoms with Crippen LogP contribution in [0.5, 0.6) is 0 Å². The first kappa shape index (κ1) is 14.3. The van der Waals surface area contributed by atoms with Crippen LogP contribution in [-0.2, 0) is 14.3 Å². The molecule has 1 heterocycles. The van der Waals surface area contributed by atoms with Crippen LogP contribution in [0.3, 0.4) is 0 Å². The van der Waals surface area contributed by atoms with Gasteiger partial charge in [-0.1, -0.05) is 6.42 Å². The topological polar surface area (TPSA) is 46.6 Å². The van der Waals surface area contributed by atoms with Gasteiger partial charge in [-0.3, -0.25) is 9.59 Å². The predicted molar refractivity (Wildman–Crippen MR) is 65.9 cm³/mol. The molecule has 1 rings (SSSR count). The Hall–Kier alpha value is -0.770. The molecule has 1 fully saturated rings. The Morgan fingerprint density at radius 3 is 2.71 bits per heavy atom. The Kier molecular flexibility index (Phi) is 5.25. The molecule has 1 amide bonds. The van der Waals surface area contributed by atoms with Crippen molar-refractivity contribution in [2.45, 2.75) is 33.1 Å². The Balaban J connectivity index is 2.77. The smallest absolute Gasteiger partial charge is 0.313 e. The van der Waals surface area contributed by atoms with Gasteiger partial charge in [0.1, 0.15) is 5.88 Å². The van der Waals surface area contributed by atoms with Gasteiger partial charge in [-0.05, 0) is 26.7 Å². The molecule has 0 bridgehead atoms. The molecule has 0 saturated carbocycles. The van der Waals surface area contributed by atoms with Crippen LogP contribution in [0.1, 0.15) is 33.1 Å². The van der Waals surface area contributed by atoms with E-state index in [0.29, 0.717) is 19.7 Å². The summed E-state index contributed by atoms with van der Waals surface area (Å²) in [6, 6.07) is 0. The molecule has 0 aromatic heterocycles. The molecule has 0 aromatic carbocycles. The molecule has 17 heavy (non-hydrogen) atoms. The van der Waals surface area contributed by atoms with Crippen LogP contribution in [0, 0.1) is 5.41 Å². The van der Waals surface area contributed by atoms with Crippen LogP contribution in [-0.4, -0.2) is 42.4 Å². The van der Waals surface area contributed by atoms with Crippen LogP contribution in [0.4, 0.5) is 0 Å². The molecule has 0 aromatic rings. The molecule has 0 radical (unpaired) electrons. The van der Waals surface area contributed by atoms with E-state index in [2.05, 4.69) is 0 Å². The molecule has 98 valence electrons. The van der Waals surface area contributed by atoms with Crippen LogP contribution in [0.2, 0.25) is 0 Å². The zero-order chi connectivity index (χ0) is 12.9. The third-order valence-electron chi connectivity index (χ3n) is 3.18. The predicted octanol–water partition coefficient (Wildman–Crippen LogP) is 1.81. The SMILES string of the molecule is CCOC(=O)C1(C)CCCCN(C(=O)CCl)C1. The van der Waals surface area contributed by atoms with E-state index in [-0.39, 0.29) is 17.8 Å². The lowest BCUT2D eigenvalue weighted by Gasteiger charge is -2.30. The zero-order valence-electron chi connectivity index (χ0n) is 10.5. The number of ether oxygens (including phenoxy) is 1. The number of hydrogen-bond donors (Lipinski definition) is 0. The van der Waals surface area contributed by atoms with Crippen LogP contribution >= 0.6 is 11.6 Å². The molecule has 0 aliphatic carbocycles. The molecular weight excluding hydrogens is 242 g/mol. The van der Waals surface area contributed by atoms with Gasteiger partial charge in [0.2, 0.25) is 5.91 Å². The normalized spacial score (nSPS) is 25.2. The maximum atomic E-state index is 11.9. The fourth-order valence-corrected chi connectivity index (χ4v) is 2.34. The number of likely N-dealkylation sites (tertiary alicyclic amines) is 1. The lowest BCUT2D eigenvalue weighted by molar-refractivity contribution is -0.156. The van der Waals surface area contributed by atoms with Gasteiger partial charge >= 0.3 is 5.97 Å². The van der Waals surface area contributed by atoms with Gasteiger partial charge in [0.15, 0.2) is 0 Å². The molecule has 1 saturated heterocycles. The Labute approximate surface area is 107 Å². The number of hydrogen-bond acceptors (Lipinski definition) is 3. The first-order chi connectivity index (χ1) is 8.03. The number of esters is 1. The van der Waals surface area contributed by atoms with E-state index in [1.165, 1.54) is 0 Å². The highest BCUT2D eigenvalue weighted by Gasteiger charge is 2.38. The van der Waals surface area contributed by atoms with Gasteiger partial charge in [0, 0.05) is 13.1 Å². The second-order valence-electron chi connectivity index (χ2n) is 4.69. The van der Waals surface area contributed by atoms with Crippen molar-refractivity contribution in [3.63, 3.8) is 0 Å². The largest absolute Gasteiger partial charge is 0.466 e. The van der Waals surface area contributed by atoms with Crippen LogP contribution < -0.4 is 0 Å². The summed E-state index contributed by atoms with van der Waals surface area (Å²) in [6.45, 7) is 5.13. The summed E-state index contributed by atoms with van der Waals surface area (Å²) in [6.07, 6.45) is 2.61. The van der Waals surface area contributed by atoms with Gasteiger partial charge in [0.05, 0.1) is 12.0 Å². The first-order valence-corrected chi connectivity index (χ1v) is 6.58. The van der Waals surface area contributed by atoms with Crippen molar-refractivity contribution in [3.8, 4) is 0 Å². The summed E-state index contributed by atoms with van der Waals surface area (Å²) < 4.78 is 5.09. The molecule has 1 aliphatic heterocycles. The second kappa shape index (κ2) is 6.24. The minimum Gasteiger partial charge on any atom is -0.466 e. The molecule has 5 heteroatoms.